The molecule has 1 aliphatic carbocycles. The average molecular weight is 620 g/mol. The molecule has 0 radical (unpaired) electrons. The molecule has 2 amide bonds. The summed E-state index contributed by atoms with van der Waals surface area (Å²) >= 11 is 0. The number of carbonyl (C=O) groups is 2. The zero-order valence-electron chi connectivity index (χ0n) is 26.5. The largest absolute Gasteiger partial charge is 0.345 e. The summed E-state index contributed by atoms with van der Waals surface area (Å²) in [5.41, 5.74) is 0.838. The number of H-pyrrole nitrogens is 1. The molecule has 1 aliphatic heterocycles. The Morgan fingerprint density at radius 2 is 1.69 bits per heavy atom. The summed E-state index contributed by atoms with van der Waals surface area (Å²) < 4.78 is 28.7. The van der Waals surface area contributed by atoms with Gasteiger partial charge in [-0.3, -0.25) is 14.6 Å². The van der Waals surface area contributed by atoms with Gasteiger partial charge in [0.25, 0.3) is 11.8 Å². The van der Waals surface area contributed by atoms with Crippen molar-refractivity contribution in [2.75, 3.05) is 0 Å². The van der Waals surface area contributed by atoms with Gasteiger partial charge in [-0.25, -0.2) is 8.78 Å². The zero-order valence-corrected chi connectivity index (χ0v) is 26.5. The second kappa shape index (κ2) is 14.0. The van der Waals surface area contributed by atoms with Gasteiger partial charge in [0.2, 0.25) is 0 Å². The number of nitrogens with one attached hydrogen (secondary N) is 2. The van der Waals surface area contributed by atoms with E-state index < -0.39 is 17.3 Å². The van der Waals surface area contributed by atoms with E-state index in [2.05, 4.69) is 53.6 Å². The molecule has 1 fully saturated rings. The Labute approximate surface area is 263 Å². The lowest BCUT2D eigenvalue weighted by atomic mass is 9.76. The van der Waals surface area contributed by atoms with Crippen LogP contribution in [0, 0.1) is 29.4 Å². The first-order valence-electron chi connectivity index (χ1n) is 16.1. The van der Waals surface area contributed by atoms with Crippen molar-refractivity contribution in [1.82, 2.24) is 30.8 Å². The standard InChI is InChI=1S/C34H43F2N7O2/c1-21(2)7-5-6-8-29(24-9-11-25(12-10-24)32(44)37-20-30-39-41-42-40-30)43-33(45)31(26-17-27(35)19-28(36)18-26)38-34(43)15-13-23(14-16-34)22(3)4/h9-12,17-19,21-23,29H,5-8,13-16,20H2,1-4H3,(H,37,44)(H,39,40,41,42)/t23?,29-,34?/m1/s1. The Kier molecular flexibility index (Phi) is 10.0. The lowest BCUT2D eigenvalue weighted by molar-refractivity contribution is -0.133. The Bertz CT molecular complexity index is 1480. The number of hydrogen-bond acceptors (Lipinski definition) is 6. The number of amides is 2. The van der Waals surface area contributed by atoms with E-state index in [9.17, 15) is 18.4 Å². The zero-order chi connectivity index (χ0) is 32.1. The van der Waals surface area contributed by atoms with Crippen LogP contribution < -0.4 is 5.32 Å². The number of carbonyl (C=O) groups excluding carboxylic acids is 2. The Balaban J connectivity index is 1.48. The summed E-state index contributed by atoms with van der Waals surface area (Å²) in [6.45, 7) is 8.98. The molecular weight excluding hydrogens is 576 g/mol. The highest BCUT2D eigenvalue weighted by Crippen LogP contribution is 2.48. The average Bonchev–Trinajstić information content (AvgIpc) is 3.62. The number of benzene rings is 2. The lowest BCUT2D eigenvalue weighted by Gasteiger charge is -2.46. The van der Waals surface area contributed by atoms with Crippen molar-refractivity contribution in [3.8, 4) is 0 Å². The molecule has 2 heterocycles. The molecule has 1 atom stereocenters. The minimum absolute atomic E-state index is 0.112. The Morgan fingerprint density at radius 1 is 1.02 bits per heavy atom. The summed E-state index contributed by atoms with van der Waals surface area (Å²) in [5, 5.41) is 16.4. The number of tetrazole rings is 1. The van der Waals surface area contributed by atoms with Crippen LogP contribution in [-0.2, 0) is 11.3 Å². The van der Waals surface area contributed by atoms with Crippen LogP contribution in [0.25, 0.3) is 0 Å². The topological polar surface area (TPSA) is 116 Å². The van der Waals surface area contributed by atoms with Gasteiger partial charge in [-0.1, -0.05) is 64.3 Å². The van der Waals surface area contributed by atoms with E-state index in [1.165, 1.54) is 12.1 Å². The lowest BCUT2D eigenvalue weighted by Crippen LogP contribution is -2.51. The van der Waals surface area contributed by atoms with Crippen molar-refractivity contribution in [3.63, 3.8) is 0 Å². The first-order chi connectivity index (χ1) is 21.6. The van der Waals surface area contributed by atoms with Gasteiger partial charge in [-0.15, -0.1) is 10.2 Å². The molecule has 1 spiro atoms. The number of rotatable bonds is 12. The SMILES string of the molecule is CC(C)CCCC[C@H](c1ccc(C(=O)NCc2nn[nH]n2)cc1)N1C(=O)C(c2cc(F)cc(F)c2)=NC12CCC(C(C)C)CC2. The maximum absolute atomic E-state index is 14.4. The third-order valence-corrected chi connectivity index (χ3v) is 9.27. The van der Waals surface area contributed by atoms with E-state index >= 15 is 0 Å². The van der Waals surface area contributed by atoms with Gasteiger partial charge < -0.3 is 10.2 Å². The molecule has 1 aromatic heterocycles. The predicted octanol–water partition coefficient (Wildman–Crippen LogP) is 6.54. The van der Waals surface area contributed by atoms with Gasteiger partial charge in [-0.05, 0) is 79.7 Å². The third kappa shape index (κ3) is 7.45. The highest BCUT2D eigenvalue weighted by atomic mass is 19.1. The predicted molar refractivity (Wildman–Crippen MR) is 167 cm³/mol. The van der Waals surface area contributed by atoms with E-state index in [-0.39, 0.29) is 35.7 Å². The van der Waals surface area contributed by atoms with Crippen LogP contribution in [-0.4, -0.2) is 48.7 Å². The highest BCUT2D eigenvalue weighted by molar-refractivity contribution is 6.46. The van der Waals surface area contributed by atoms with E-state index in [4.69, 9.17) is 4.99 Å². The summed E-state index contributed by atoms with van der Waals surface area (Å²) in [6, 6.07) is 10.2. The van der Waals surface area contributed by atoms with E-state index in [0.717, 1.165) is 43.7 Å². The number of aromatic nitrogens is 4. The molecule has 2 N–H and O–H groups in total. The van der Waals surface area contributed by atoms with Crippen LogP contribution in [0.3, 0.4) is 0 Å². The Hall–Kier alpha value is -4.02. The van der Waals surface area contributed by atoms with Crippen molar-refractivity contribution in [3.05, 3.63) is 76.6 Å². The van der Waals surface area contributed by atoms with Crippen molar-refractivity contribution >= 4 is 17.5 Å². The number of aliphatic imine (C=N–C) groups is 1. The number of nitrogens with zero attached hydrogens (tertiary/aromatic N) is 5. The fourth-order valence-corrected chi connectivity index (χ4v) is 6.76. The summed E-state index contributed by atoms with van der Waals surface area (Å²) in [5.74, 6) is -0.0894. The minimum Gasteiger partial charge on any atom is -0.345 e. The molecule has 1 saturated carbocycles. The van der Waals surface area contributed by atoms with Crippen LogP contribution in [0.15, 0.2) is 47.5 Å². The minimum atomic E-state index is -0.802. The molecule has 0 saturated heterocycles. The molecule has 45 heavy (non-hydrogen) atoms. The first-order valence-corrected chi connectivity index (χ1v) is 16.1. The van der Waals surface area contributed by atoms with Gasteiger partial charge >= 0.3 is 0 Å². The van der Waals surface area contributed by atoms with Crippen LogP contribution in [0.1, 0.15) is 112 Å². The van der Waals surface area contributed by atoms with Crippen LogP contribution in [0.5, 0.6) is 0 Å². The maximum atomic E-state index is 14.4. The summed E-state index contributed by atoms with van der Waals surface area (Å²) in [4.78, 5) is 34.2. The highest BCUT2D eigenvalue weighted by Gasteiger charge is 2.52. The monoisotopic (exact) mass is 619 g/mol. The van der Waals surface area contributed by atoms with Gasteiger partial charge in [0.05, 0.1) is 12.6 Å². The van der Waals surface area contributed by atoms with Gasteiger partial charge in [0, 0.05) is 17.2 Å². The first kappa shape index (κ1) is 32.4. The third-order valence-electron chi connectivity index (χ3n) is 9.27. The second-order valence-corrected chi connectivity index (χ2v) is 13.2. The fraction of sp³-hybridized carbons (Fsp3) is 0.529. The number of aromatic amines is 1. The molecular formula is C34H43F2N7O2. The number of unbranched alkanes of at least 4 members (excludes halogenated alkanes) is 1. The van der Waals surface area contributed by atoms with Crippen molar-refractivity contribution < 1.29 is 18.4 Å². The molecule has 240 valence electrons. The van der Waals surface area contributed by atoms with Crippen LogP contribution >= 0.6 is 0 Å². The van der Waals surface area contributed by atoms with Gasteiger partial charge in [0.15, 0.2) is 5.82 Å². The van der Waals surface area contributed by atoms with E-state index in [1.807, 2.05) is 17.0 Å². The molecule has 5 rings (SSSR count). The summed E-state index contributed by atoms with van der Waals surface area (Å²) in [6.07, 6.45) is 6.88. The molecule has 0 unspecified atom stereocenters. The molecule has 0 bridgehead atoms. The number of halogens is 2. The summed E-state index contributed by atoms with van der Waals surface area (Å²) in [7, 11) is 0. The normalized spacial score (nSPS) is 20.7. The van der Waals surface area contributed by atoms with Gasteiger partial charge in [-0.2, -0.15) is 5.21 Å². The van der Waals surface area contributed by atoms with E-state index in [0.29, 0.717) is 48.4 Å². The van der Waals surface area contributed by atoms with Crippen molar-refractivity contribution in [1.29, 1.82) is 0 Å². The maximum Gasteiger partial charge on any atom is 0.275 e. The van der Waals surface area contributed by atoms with Gasteiger partial charge in [0.1, 0.15) is 23.0 Å². The fourth-order valence-electron chi connectivity index (χ4n) is 6.76. The van der Waals surface area contributed by atoms with Crippen LogP contribution in [0.4, 0.5) is 8.78 Å². The van der Waals surface area contributed by atoms with E-state index in [1.54, 1.807) is 12.1 Å². The van der Waals surface area contributed by atoms with Crippen molar-refractivity contribution in [2.24, 2.45) is 22.7 Å². The Morgan fingerprint density at radius 3 is 2.29 bits per heavy atom. The molecule has 2 aliphatic rings. The number of hydrogen-bond donors (Lipinski definition) is 2. The molecule has 2 aromatic carbocycles. The quantitative estimate of drug-likeness (QED) is 0.223. The van der Waals surface area contributed by atoms with Crippen molar-refractivity contribution in [2.45, 2.75) is 97.3 Å². The molecule has 11 heteroatoms. The smallest absolute Gasteiger partial charge is 0.275 e. The molecule has 9 nitrogen and oxygen atoms in total. The molecule has 3 aromatic rings. The second-order valence-electron chi connectivity index (χ2n) is 13.2. The van der Waals surface area contributed by atoms with Crippen LogP contribution in [0.2, 0.25) is 0 Å².